The second kappa shape index (κ2) is 4.49. The lowest BCUT2D eigenvalue weighted by atomic mass is 10.2. The Hall–Kier alpha value is -0.610. The van der Waals surface area contributed by atoms with E-state index in [9.17, 15) is 0 Å². The van der Waals surface area contributed by atoms with E-state index in [0.717, 1.165) is 10.2 Å². The van der Waals surface area contributed by atoms with Crippen LogP contribution in [0.25, 0.3) is 0 Å². The molecule has 1 aromatic rings. The molecule has 1 fully saturated rings. The van der Waals surface area contributed by atoms with E-state index in [4.69, 9.17) is 12.2 Å². The summed E-state index contributed by atoms with van der Waals surface area (Å²) in [4.78, 5) is 0. The molecule has 80 valence electrons. The number of hydrogen-bond acceptors (Lipinski definition) is 1. The van der Waals surface area contributed by atoms with Crippen LogP contribution in [0.3, 0.4) is 0 Å². The first-order chi connectivity index (χ1) is 7.16. The first-order valence-electron chi connectivity index (χ1n) is 4.99. The van der Waals surface area contributed by atoms with Crippen molar-refractivity contribution in [2.75, 3.05) is 5.32 Å². The lowest BCUT2D eigenvalue weighted by molar-refractivity contribution is 0.919. The average molecular weight is 285 g/mol. The number of halogens is 1. The minimum atomic E-state index is 0.591. The summed E-state index contributed by atoms with van der Waals surface area (Å²) in [5, 5.41) is 7.16. The largest absolute Gasteiger partial charge is 0.360 e. The van der Waals surface area contributed by atoms with E-state index in [1.807, 2.05) is 12.1 Å². The van der Waals surface area contributed by atoms with E-state index in [2.05, 4.69) is 39.6 Å². The summed E-state index contributed by atoms with van der Waals surface area (Å²) >= 11 is 8.75. The van der Waals surface area contributed by atoms with Gasteiger partial charge >= 0.3 is 0 Å². The van der Waals surface area contributed by atoms with Crippen molar-refractivity contribution >= 4 is 38.9 Å². The molecule has 2 rings (SSSR count). The zero-order chi connectivity index (χ0) is 10.8. The van der Waals surface area contributed by atoms with E-state index in [0.29, 0.717) is 11.2 Å². The molecule has 0 spiro atoms. The van der Waals surface area contributed by atoms with Crippen LogP contribution < -0.4 is 10.6 Å². The van der Waals surface area contributed by atoms with Crippen LogP contribution in [0.2, 0.25) is 0 Å². The minimum absolute atomic E-state index is 0.591. The second-order valence-electron chi connectivity index (χ2n) is 3.81. The molecular formula is C11H13BrN2S. The Labute approximate surface area is 104 Å². The summed E-state index contributed by atoms with van der Waals surface area (Å²) in [7, 11) is 0. The van der Waals surface area contributed by atoms with Gasteiger partial charge < -0.3 is 10.6 Å². The van der Waals surface area contributed by atoms with Crippen molar-refractivity contribution in [3.8, 4) is 0 Å². The van der Waals surface area contributed by atoms with E-state index in [1.54, 1.807) is 0 Å². The molecule has 0 bridgehead atoms. The number of benzene rings is 1. The third kappa shape index (κ3) is 2.92. The molecule has 0 radical (unpaired) electrons. The zero-order valence-electron chi connectivity index (χ0n) is 8.51. The van der Waals surface area contributed by atoms with Gasteiger partial charge in [-0.15, -0.1) is 0 Å². The van der Waals surface area contributed by atoms with Crippen molar-refractivity contribution in [1.82, 2.24) is 5.32 Å². The molecule has 0 aliphatic heterocycles. The molecule has 1 aliphatic carbocycles. The van der Waals surface area contributed by atoms with Gasteiger partial charge in [-0.2, -0.15) is 0 Å². The number of hydrogen-bond donors (Lipinski definition) is 2. The number of rotatable bonds is 2. The van der Waals surface area contributed by atoms with Crippen molar-refractivity contribution in [2.45, 2.75) is 25.8 Å². The summed E-state index contributed by atoms with van der Waals surface area (Å²) < 4.78 is 1.07. The molecule has 0 atom stereocenters. The third-order valence-electron chi connectivity index (χ3n) is 2.35. The molecule has 4 heteroatoms. The molecule has 1 aromatic carbocycles. The van der Waals surface area contributed by atoms with Gasteiger partial charge in [-0.1, -0.05) is 12.1 Å². The number of aryl methyl sites for hydroxylation is 1. The van der Waals surface area contributed by atoms with Gasteiger partial charge in [0.05, 0.1) is 5.69 Å². The van der Waals surface area contributed by atoms with Crippen LogP contribution in [-0.4, -0.2) is 11.2 Å². The highest BCUT2D eigenvalue weighted by Crippen LogP contribution is 2.26. The van der Waals surface area contributed by atoms with Crippen LogP contribution in [0.4, 0.5) is 5.69 Å². The Morgan fingerprint density at radius 3 is 2.87 bits per heavy atom. The monoisotopic (exact) mass is 284 g/mol. The molecule has 2 N–H and O–H groups in total. The van der Waals surface area contributed by atoms with Crippen LogP contribution in [0.5, 0.6) is 0 Å². The van der Waals surface area contributed by atoms with Gasteiger partial charge in [-0.05, 0) is 59.5 Å². The molecule has 0 saturated heterocycles. The minimum Gasteiger partial charge on any atom is -0.360 e. The van der Waals surface area contributed by atoms with E-state index < -0.39 is 0 Å². The third-order valence-corrected chi connectivity index (χ3v) is 3.63. The molecule has 0 unspecified atom stereocenters. The topological polar surface area (TPSA) is 24.1 Å². The fraction of sp³-hybridized carbons (Fsp3) is 0.364. The van der Waals surface area contributed by atoms with Crippen molar-refractivity contribution in [1.29, 1.82) is 0 Å². The number of thiocarbonyl (C=S) groups is 1. The smallest absolute Gasteiger partial charge is 0.171 e. The quantitative estimate of drug-likeness (QED) is 0.816. The summed E-state index contributed by atoms with van der Waals surface area (Å²) in [5.74, 6) is 0. The van der Waals surface area contributed by atoms with Crippen LogP contribution in [0.1, 0.15) is 18.4 Å². The Balaban J connectivity index is 2.02. The van der Waals surface area contributed by atoms with Crippen molar-refractivity contribution in [3.05, 3.63) is 28.2 Å². The second-order valence-corrected chi connectivity index (χ2v) is 5.01. The normalized spacial score (nSPS) is 14.8. The predicted octanol–water partition coefficient (Wildman–Crippen LogP) is 3.21. The molecule has 1 aliphatic rings. The average Bonchev–Trinajstić information content (AvgIpc) is 2.97. The van der Waals surface area contributed by atoms with Gasteiger partial charge in [-0.3, -0.25) is 0 Å². The Morgan fingerprint density at radius 2 is 2.20 bits per heavy atom. The Bertz CT molecular complexity index is 388. The SMILES string of the molecule is Cc1cccc(NC(=S)NC2CC2)c1Br. The molecule has 15 heavy (non-hydrogen) atoms. The van der Waals surface area contributed by atoms with Gasteiger partial charge in [0.2, 0.25) is 0 Å². The summed E-state index contributed by atoms with van der Waals surface area (Å²) in [5.41, 5.74) is 2.22. The zero-order valence-corrected chi connectivity index (χ0v) is 10.9. The van der Waals surface area contributed by atoms with Gasteiger partial charge in [0.25, 0.3) is 0 Å². The van der Waals surface area contributed by atoms with E-state index in [-0.39, 0.29) is 0 Å². The highest BCUT2D eigenvalue weighted by molar-refractivity contribution is 9.10. The van der Waals surface area contributed by atoms with Crippen molar-refractivity contribution < 1.29 is 0 Å². The fourth-order valence-electron chi connectivity index (χ4n) is 1.32. The summed E-state index contributed by atoms with van der Waals surface area (Å²) in [6.07, 6.45) is 2.47. The highest BCUT2D eigenvalue weighted by atomic mass is 79.9. The van der Waals surface area contributed by atoms with Crippen molar-refractivity contribution in [2.24, 2.45) is 0 Å². The van der Waals surface area contributed by atoms with Gasteiger partial charge in [0.15, 0.2) is 5.11 Å². The van der Waals surface area contributed by atoms with Gasteiger partial charge in [-0.25, -0.2) is 0 Å². The molecular weight excluding hydrogens is 272 g/mol. The summed E-state index contributed by atoms with van der Waals surface area (Å²) in [6, 6.07) is 6.68. The highest BCUT2D eigenvalue weighted by Gasteiger charge is 2.21. The van der Waals surface area contributed by atoms with E-state index >= 15 is 0 Å². The molecule has 0 amide bonds. The lowest BCUT2D eigenvalue weighted by Crippen LogP contribution is -2.30. The lowest BCUT2D eigenvalue weighted by Gasteiger charge is -2.12. The van der Waals surface area contributed by atoms with Gasteiger partial charge in [0, 0.05) is 10.5 Å². The Morgan fingerprint density at radius 1 is 1.47 bits per heavy atom. The van der Waals surface area contributed by atoms with Crippen molar-refractivity contribution in [3.63, 3.8) is 0 Å². The van der Waals surface area contributed by atoms with Crippen LogP contribution in [0, 0.1) is 6.92 Å². The first kappa shape index (κ1) is 10.9. The maximum atomic E-state index is 5.21. The maximum Gasteiger partial charge on any atom is 0.171 e. The predicted molar refractivity (Wildman–Crippen MR) is 71.3 cm³/mol. The number of anilines is 1. The van der Waals surface area contributed by atoms with E-state index in [1.165, 1.54) is 18.4 Å². The molecule has 0 heterocycles. The van der Waals surface area contributed by atoms with Crippen LogP contribution >= 0.6 is 28.1 Å². The molecule has 0 aromatic heterocycles. The van der Waals surface area contributed by atoms with Gasteiger partial charge in [0.1, 0.15) is 0 Å². The number of nitrogens with one attached hydrogen (secondary N) is 2. The molecule has 2 nitrogen and oxygen atoms in total. The summed E-state index contributed by atoms with van der Waals surface area (Å²) in [6.45, 7) is 2.06. The van der Waals surface area contributed by atoms with Crippen LogP contribution in [-0.2, 0) is 0 Å². The van der Waals surface area contributed by atoms with Crippen LogP contribution in [0.15, 0.2) is 22.7 Å². The first-order valence-corrected chi connectivity index (χ1v) is 6.19. The Kier molecular flexibility index (Phi) is 3.26. The maximum absolute atomic E-state index is 5.21. The standard InChI is InChI=1S/C11H13BrN2S/c1-7-3-2-4-9(10(7)12)14-11(15)13-8-5-6-8/h2-4,8H,5-6H2,1H3,(H2,13,14,15). The fourth-order valence-corrected chi connectivity index (χ4v) is 1.96. The molecule has 1 saturated carbocycles.